The van der Waals surface area contributed by atoms with E-state index in [1.165, 1.54) is 0 Å². The Morgan fingerprint density at radius 3 is 2.62 bits per heavy atom. The summed E-state index contributed by atoms with van der Waals surface area (Å²) in [6.07, 6.45) is 2.34. The predicted octanol–water partition coefficient (Wildman–Crippen LogP) is 2.34. The minimum absolute atomic E-state index is 0.188. The Morgan fingerprint density at radius 2 is 2.12 bits per heavy atom. The predicted molar refractivity (Wildman–Crippen MR) is 61.5 cm³/mol. The molecule has 0 fully saturated rings. The van der Waals surface area contributed by atoms with Crippen LogP contribution in [0.5, 0.6) is 0 Å². The van der Waals surface area contributed by atoms with Crippen LogP contribution in [0.1, 0.15) is 55.5 Å². The van der Waals surface area contributed by atoms with Gasteiger partial charge in [-0.05, 0) is 12.8 Å². The largest absolute Gasteiger partial charge is 0.462 e. The van der Waals surface area contributed by atoms with Crippen molar-refractivity contribution in [1.29, 1.82) is 0 Å². The molecular weight excluding hydrogens is 204 g/mol. The van der Waals surface area contributed by atoms with Crippen LogP contribution in [-0.4, -0.2) is 22.5 Å². The fraction of sp³-hybridized carbons (Fsp3) is 0.583. The van der Waals surface area contributed by atoms with Crippen molar-refractivity contribution in [2.75, 3.05) is 6.61 Å². The second-order valence-corrected chi connectivity index (χ2v) is 3.81. The number of ether oxygens (including phenoxy) is 1. The van der Waals surface area contributed by atoms with E-state index in [9.17, 15) is 4.79 Å². The molecule has 1 rings (SSSR count). The maximum absolute atomic E-state index is 11.7. The lowest BCUT2D eigenvalue weighted by Gasteiger charge is -2.11. The second kappa shape index (κ2) is 5.58. The van der Waals surface area contributed by atoms with E-state index in [-0.39, 0.29) is 11.9 Å². The van der Waals surface area contributed by atoms with Crippen LogP contribution in [0, 0.1) is 0 Å². The van der Waals surface area contributed by atoms with Gasteiger partial charge in [0.2, 0.25) is 0 Å². The first-order valence-corrected chi connectivity index (χ1v) is 5.63. The highest BCUT2D eigenvalue weighted by Gasteiger charge is 2.17. The number of carbonyl (C=O) groups excluding carboxylic acids is 1. The van der Waals surface area contributed by atoms with Crippen molar-refractivity contribution in [2.24, 2.45) is 0 Å². The van der Waals surface area contributed by atoms with E-state index in [2.05, 4.69) is 9.97 Å². The maximum Gasteiger partial charge on any atom is 0.341 e. The van der Waals surface area contributed by atoms with Gasteiger partial charge < -0.3 is 4.74 Å². The third kappa shape index (κ3) is 2.78. The van der Waals surface area contributed by atoms with Crippen molar-refractivity contribution >= 4 is 5.97 Å². The third-order valence-corrected chi connectivity index (χ3v) is 2.23. The molecule has 0 aliphatic carbocycles. The zero-order valence-electron chi connectivity index (χ0n) is 10.3. The molecule has 0 N–H and O–H groups in total. The zero-order chi connectivity index (χ0) is 12.1. The monoisotopic (exact) mass is 222 g/mol. The van der Waals surface area contributed by atoms with Gasteiger partial charge >= 0.3 is 5.97 Å². The van der Waals surface area contributed by atoms with Gasteiger partial charge in [0.25, 0.3) is 0 Å². The van der Waals surface area contributed by atoms with Gasteiger partial charge in [-0.2, -0.15) is 0 Å². The number of hydrogen-bond donors (Lipinski definition) is 0. The van der Waals surface area contributed by atoms with Crippen LogP contribution in [0.25, 0.3) is 0 Å². The Bertz CT molecular complexity index is 375. The minimum Gasteiger partial charge on any atom is -0.462 e. The van der Waals surface area contributed by atoms with Crippen molar-refractivity contribution in [1.82, 2.24) is 9.97 Å². The van der Waals surface area contributed by atoms with Crippen molar-refractivity contribution in [3.8, 4) is 0 Å². The molecule has 0 radical (unpaired) electrons. The van der Waals surface area contributed by atoms with Gasteiger partial charge in [0.05, 0.1) is 17.9 Å². The highest BCUT2D eigenvalue weighted by atomic mass is 16.5. The number of hydrogen-bond acceptors (Lipinski definition) is 4. The Labute approximate surface area is 96.1 Å². The van der Waals surface area contributed by atoms with Gasteiger partial charge in [-0.25, -0.2) is 14.8 Å². The van der Waals surface area contributed by atoms with Crippen LogP contribution < -0.4 is 0 Å². The molecule has 4 nitrogen and oxygen atoms in total. The fourth-order valence-electron chi connectivity index (χ4n) is 1.41. The molecule has 0 unspecified atom stereocenters. The number of carbonyl (C=O) groups is 1. The Hall–Kier alpha value is -1.45. The molecule has 1 heterocycles. The van der Waals surface area contributed by atoms with Crippen molar-refractivity contribution < 1.29 is 9.53 Å². The molecule has 4 heteroatoms. The topological polar surface area (TPSA) is 52.1 Å². The molecule has 0 aliphatic rings. The second-order valence-electron chi connectivity index (χ2n) is 3.81. The first kappa shape index (κ1) is 12.6. The minimum atomic E-state index is -0.339. The van der Waals surface area contributed by atoms with Crippen LogP contribution in [0.3, 0.4) is 0 Å². The summed E-state index contributed by atoms with van der Waals surface area (Å²) in [6, 6.07) is 0. The SMILES string of the molecule is CCOC(=O)c1cnc(CC)nc1C(C)C. The summed E-state index contributed by atoms with van der Waals surface area (Å²) in [5.41, 5.74) is 1.25. The summed E-state index contributed by atoms with van der Waals surface area (Å²) in [7, 11) is 0. The quantitative estimate of drug-likeness (QED) is 0.734. The summed E-state index contributed by atoms with van der Waals surface area (Å²) >= 11 is 0. The van der Waals surface area contributed by atoms with Gasteiger partial charge in [0.15, 0.2) is 0 Å². The molecule has 0 saturated carbocycles. The first-order valence-electron chi connectivity index (χ1n) is 5.63. The molecule has 0 aliphatic heterocycles. The van der Waals surface area contributed by atoms with E-state index in [4.69, 9.17) is 4.74 Å². The zero-order valence-corrected chi connectivity index (χ0v) is 10.3. The van der Waals surface area contributed by atoms with Gasteiger partial charge in [-0.15, -0.1) is 0 Å². The lowest BCUT2D eigenvalue weighted by atomic mass is 10.1. The van der Waals surface area contributed by atoms with Crippen LogP contribution in [0.2, 0.25) is 0 Å². The lowest BCUT2D eigenvalue weighted by molar-refractivity contribution is 0.0523. The van der Waals surface area contributed by atoms with Crippen LogP contribution in [0.15, 0.2) is 6.20 Å². The molecule has 0 bridgehead atoms. The van der Waals surface area contributed by atoms with Crippen molar-refractivity contribution in [3.05, 3.63) is 23.3 Å². The van der Waals surface area contributed by atoms with Crippen LogP contribution in [0.4, 0.5) is 0 Å². The molecule has 88 valence electrons. The van der Waals surface area contributed by atoms with E-state index in [1.807, 2.05) is 20.8 Å². The van der Waals surface area contributed by atoms with Gasteiger partial charge in [0.1, 0.15) is 5.82 Å². The van der Waals surface area contributed by atoms with Gasteiger partial charge in [0, 0.05) is 12.6 Å². The number of esters is 1. The summed E-state index contributed by atoms with van der Waals surface area (Å²) in [5.74, 6) is 0.610. The van der Waals surface area contributed by atoms with Crippen LogP contribution >= 0.6 is 0 Å². The van der Waals surface area contributed by atoms with Crippen LogP contribution in [-0.2, 0) is 11.2 Å². The highest BCUT2D eigenvalue weighted by Crippen LogP contribution is 2.17. The summed E-state index contributed by atoms with van der Waals surface area (Å²) in [4.78, 5) is 20.2. The average molecular weight is 222 g/mol. The summed E-state index contributed by atoms with van der Waals surface area (Å²) in [6.45, 7) is 8.15. The van der Waals surface area contributed by atoms with E-state index >= 15 is 0 Å². The highest BCUT2D eigenvalue weighted by molar-refractivity contribution is 5.90. The molecule has 1 aromatic heterocycles. The molecule has 0 aromatic carbocycles. The molecule has 0 atom stereocenters. The maximum atomic E-state index is 11.7. The van der Waals surface area contributed by atoms with Gasteiger partial charge in [-0.3, -0.25) is 0 Å². The van der Waals surface area contributed by atoms with E-state index in [1.54, 1.807) is 13.1 Å². The molecular formula is C12H18N2O2. The number of aromatic nitrogens is 2. The molecule has 0 saturated heterocycles. The average Bonchev–Trinajstić information content (AvgIpc) is 2.28. The number of aryl methyl sites for hydroxylation is 1. The first-order chi connectivity index (χ1) is 7.60. The number of rotatable bonds is 4. The van der Waals surface area contributed by atoms with Crippen molar-refractivity contribution in [2.45, 2.75) is 40.0 Å². The number of nitrogens with zero attached hydrogens (tertiary/aromatic N) is 2. The van der Waals surface area contributed by atoms with E-state index < -0.39 is 0 Å². The fourth-order valence-corrected chi connectivity index (χ4v) is 1.41. The van der Waals surface area contributed by atoms with E-state index in [0.29, 0.717) is 12.2 Å². The normalized spacial score (nSPS) is 10.6. The molecule has 0 amide bonds. The van der Waals surface area contributed by atoms with Gasteiger partial charge in [-0.1, -0.05) is 20.8 Å². The van der Waals surface area contributed by atoms with Crippen molar-refractivity contribution in [3.63, 3.8) is 0 Å². The smallest absolute Gasteiger partial charge is 0.341 e. The molecule has 16 heavy (non-hydrogen) atoms. The lowest BCUT2D eigenvalue weighted by Crippen LogP contribution is -2.13. The Kier molecular flexibility index (Phi) is 4.40. The molecule has 1 aromatic rings. The Morgan fingerprint density at radius 1 is 1.44 bits per heavy atom. The third-order valence-electron chi connectivity index (χ3n) is 2.23. The summed E-state index contributed by atoms with van der Waals surface area (Å²) in [5, 5.41) is 0. The standard InChI is InChI=1S/C12H18N2O2/c1-5-10-13-7-9(12(15)16-6-2)11(14-10)8(3)4/h7-8H,5-6H2,1-4H3. The van der Waals surface area contributed by atoms with E-state index in [0.717, 1.165) is 17.9 Å². The Balaban J connectivity index is 3.12. The molecule has 0 spiro atoms. The summed E-state index contributed by atoms with van der Waals surface area (Å²) < 4.78 is 4.97.